The van der Waals surface area contributed by atoms with Crippen LogP contribution in [0, 0.1) is 6.92 Å². The van der Waals surface area contributed by atoms with Crippen LogP contribution in [-0.4, -0.2) is 9.97 Å². The van der Waals surface area contributed by atoms with Crippen LogP contribution in [0.4, 0.5) is 0 Å². The number of nitrogens with zero attached hydrogens (tertiary/aromatic N) is 1. The first-order valence-electron chi connectivity index (χ1n) is 6.01. The summed E-state index contributed by atoms with van der Waals surface area (Å²) in [5.74, 6) is 0.504. The summed E-state index contributed by atoms with van der Waals surface area (Å²) in [5.41, 5.74) is 2.19. The third-order valence-electron chi connectivity index (χ3n) is 3.12. The van der Waals surface area contributed by atoms with E-state index < -0.39 is 0 Å². The molecule has 3 aromatic rings. The van der Waals surface area contributed by atoms with E-state index in [1.54, 1.807) is 30.3 Å². The second-order valence-electron chi connectivity index (χ2n) is 4.54. The molecule has 20 heavy (non-hydrogen) atoms. The van der Waals surface area contributed by atoms with E-state index in [0.29, 0.717) is 26.8 Å². The van der Waals surface area contributed by atoms with Gasteiger partial charge in [0.2, 0.25) is 0 Å². The van der Waals surface area contributed by atoms with E-state index in [1.165, 1.54) is 0 Å². The van der Waals surface area contributed by atoms with Crippen LogP contribution in [0.2, 0.25) is 10.0 Å². The predicted molar refractivity (Wildman–Crippen MR) is 82.6 cm³/mol. The van der Waals surface area contributed by atoms with Gasteiger partial charge >= 0.3 is 0 Å². The lowest BCUT2D eigenvalue weighted by Crippen LogP contribution is -2.09. The molecule has 0 saturated heterocycles. The summed E-state index contributed by atoms with van der Waals surface area (Å²) in [6, 6.07) is 10.5. The highest BCUT2D eigenvalue weighted by atomic mass is 35.5. The molecule has 0 saturated carbocycles. The number of hydrogen-bond donors (Lipinski definition) is 1. The minimum atomic E-state index is -0.216. The number of fused-ring (bicyclic) bond motifs is 1. The van der Waals surface area contributed by atoms with Crippen LogP contribution >= 0.6 is 23.2 Å². The van der Waals surface area contributed by atoms with Gasteiger partial charge in [-0.05, 0) is 42.8 Å². The molecule has 1 aromatic heterocycles. The van der Waals surface area contributed by atoms with Crippen molar-refractivity contribution in [1.82, 2.24) is 9.97 Å². The summed E-state index contributed by atoms with van der Waals surface area (Å²) in [6.45, 7) is 1.94. The number of nitrogens with one attached hydrogen (secondary N) is 1. The maximum absolute atomic E-state index is 12.1. The fourth-order valence-electron chi connectivity index (χ4n) is 2.09. The quantitative estimate of drug-likeness (QED) is 0.732. The van der Waals surface area contributed by atoms with E-state index in [2.05, 4.69) is 9.97 Å². The Balaban J connectivity index is 2.30. The van der Waals surface area contributed by atoms with Gasteiger partial charge in [0.25, 0.3) is 5.56 Å². The fraction of sp³-hybridized carbons (Fsp3) is 0.0667. The van der Waals surface area contributed by atoms with Gasteiger partial charge in [0.1, 0.15) is 5.82 Å². The second kappa shape index (κ2) is 4.93. The molecule has 0 radical (unpaired) electrons. The Morgan fingerprint density at radius 2 is 1.75 bits per heavy atom. The van der Waals surface area contributed by atoms with E-state index in [0.717, 1.165) is 11.1 Å². The number of halogens is 2. The Morgan fingerprint density at radius 1 is 1.05 bits per heavy atom. The summed E-state index contributed by atoms with van der Waals surface area (Å²) in [5, 5.41) is 1.59. The highest BCUT2D eigenvalue weighted by Gasteiger charge is 2.09. The molecule has 2 aromatic carbocycles. The summed E-state index contributed by atoms with van der Waals surface area (Å²) in [4.78, 5) is 19.4. The van der Waals surface area contributed by atoms with Gasteiger partial charge in [0, 0.05) is 15.6 Å². The van der Waals surface area contributed by atoms with Crippen LogP contribution in [0.1, 0.15) is 5.56 Å². The molecule has 1 N–H and O–H groups in total. The largest absolute Gasteiger partial charge is 0.306 e. The zero-order valence-corrected chi connectivity index (χ0v) is 12.1. The van der Waals surface area contributed by atoms with Gasteiger partial charge in [-0.3, -0.25) is 4.79 Å². The zero-order chi connectivity index (χ0) is 14.3. The van der Waals surface area contributed by atoms with Gasteiger partial charge in [-0.15, -0.1) is 0 Å². The molecule has 0 amide bonds. The average Bonchev–Trinajstić information content (AvgIpc) is 2.42. The normalized spacial score (nSPS) is 10.9. The summed E-state index contributed by atoms with van der Waals surface area (Å²) in [7, 11) is 0. The van der Waals surface area contributed by atoms with Gasteiger partial charge < -0.3 is 4.98 Å². The molecule has 3 rings (SSSR count). The van der Waals surface area contributed by atoms with E-state index in [-0.39, 0.29) is 5.56 Å². The van der Waals surface area contributed by atoms with Crippen molar-refractivity contribution in [3.63, 3.8) is 0 Å². The van der Waals surface area contributed by atoms with Gasteiger partial charge in [0.05, 0.1) is 10.9 Å². The summed E-state index contributed by atoms with van der Waals surface area (Å²) in [6.07, 6.45) is 0. The van der Waals surface area contributed by atoms with Crippen molar-refractivity contribution in [3.8, 4) is 11.4 Å². The third-order valence-corrected chi connectivity index (χ3v) is 3.59. The van der Waals surface area contributed by atoms with Crippen molar-refractivity contribution in [1.29, 1.82) is 0 Å². The lowest BCUT2D eigenvalue weighted by atomic mass is 10.1. The summed E-state index contributed by atoms with van der Waals surface area (Å²) < 4.78 is 0. The standard InChI is InChI=1S/C15H10Cl2N2O/c1-8-2-3-9(16)6-11(8)14-18-13-5-4-10(17)7-12(13)15(20)19-14/h2-7H,1H3,(H,18,19,20). The minimum Gasteiger partial charge on any atom is -0.306 e. The summed E-state index contributed by atoms with van der Waals surface area (Å²) >= 11 is 11.9. The molecular formula is C15H10Cl2N2O. The number of aromatic nitrogens is 2. The Bertz CT molecular complexity index is 871. The first-order valence-corrected chi connectivity index (χ1v) is 6.76. The van der Waals surface area contributed by atoms with Crippen LogP contribution in [0.25, 0.3) is 22.3 Å². The van der Waals surface area contributed by atoms with Crippen molar-refractivity contribution in [3.05, 3.63) is 62.4 Å². The smallest absolute Gasteiger partial charge is 0.259 e. The number of aryl methyl sites for hydroxylation is 1. The Hall–Kier alpha value is -1.84. The molecule has 3 nitrogen and oxygen atoms in total. The van der Waals surface area contributed by atoms with Crippen LogP contribution < -0.4 is 5.56 Å². The molecule has 0 aliphatic carbocycles. The molecule has 0 bridgehead atoms. The van der Waals surface area contributed by atoms with Crippen molar-refractivity contribution < 1.29 is 0 Å². The number of H-pyrrole nitrogens is 1. The van der Waals surface area contributed by atoms with Crippen LogP contribution in [0.15, 0.2) is 41.2 Å². The molecule has 0 aliphatic rings. The lowest BCUT2D eigenvalue weighted by Gasteiger charge is -2.07. The van der Waals surface area contributed by atoms with Crippen LogP contribution in [-0.2, 0) is 0 Å². The van der Waals surface area contributed by atoms with Crippen molar-refractivity contribution >= 4 is 34.1 Å². The van der Waals surface area contributed by atoms with Crippen LogP contribution in [0.3, 0.4) is 0 Å². The molecule has 5 heteroatoms. The molecule has 100 valence electrons. The number of benzene rings is 2. The van der Waals surface area contributed by atoms with Gasteiger partial charge in [-0.25, -0.2) is 4.98 Å². The molecule has 1 heterocycles. The highest BCUT2D eigenvalue weighted by Crippen LogP contribution is 2.24. The number of hydrogen-bond acceptors (Lipinski definition) is 2. The molecule has 0 aliphatic heterocycles. The number of aromatic amines is 1. The molecule has 0 unspecified atom stereocenters. The monoisotopic (exact) mass is 304 g/mol. The Morgan fingerprint density at radius 3 is 2.55 bits per heavy atom. The Labute approximate surface area is 125 Å². The maximum Gasteiger partial charge on any atom is 0.259 e. The third kappa shape index (κ3) is 2.30. The second-order valence-corrected chi connectivity index (χ2v) is 5.41. The fourth-order valence-corrected chi connectivity index (χ4v) is 2.43. The van der Waals surface area contributed by atoms with Gasteiger partial charge in [-0.1, -0.05) is 29.3 Å². The molecular weight excluding hydrogens is 295 g/mol. The van der Waals surface area contributed by atoms with Crippen molar-refractivity contribution in [2.24, 2.45) is 0 Å². The van der Waals surface area contributed by atoms with E-state index >= 15 is 0 Å². The maximum atomic E-state index is 12.1. The van der Waals surface area contributed by atoms with E-state index in [9.17, 15) is 4.79 Å². The minimum absolute atomic E-state index is 0.216. The molecule has 0 atom stereocenters. The van der Waals surface area contributed by atoms with E-state index in [1.807, 2.05) is 13.0 Å². The first kappa shape index (κ1) is 13.2. The Kier molecular flexibility index (Phi) is 3.24. The zero-order valence-electron chi connectivity index (χ0n) is 10.6. The van der Waals surface area contributed by atoms with Crippen molar-refractivity contribution in [2.45, 2.75) is 6.92 Å². The predicted octanol–water partition coefficient (Wildman–Crippen LogP) is 4.21. The lowest BCUT2D eigenvalue weighted by molar-refractivity contribution is 1.17. The van der Waals surface area contributed by atoms with Gasteiger partial charge in [0.15, 0.2) is 0 Å². The van der Waals surface area contributed by atoms with Gasteiger partial charge in [-0.2, -0.15) is 0 Å². The number of rotatable bonds is 1. The van der Waals surface area contributed by atoms with Crippen LogP contribution in [0.5, 0.6) is 0 Å². The average molecular weight is 305 g/mol. The molecule has 0 spiro atoms. The SMILES string of the molecule is Cc1ccc(Cl)cc1-c1nc2ccc(Cl)cc2c(=O)[nH]1. The van der Waals surface area contributed by atoms with E-state index in [4.69, 9.17) is 23.2 Å². The van der Waals surface area contributed by atoms with Crippen molar-refractivity contribution in [2.75, 3.05) is 0 Å². The highest BCUT2D eigenvalue weighted by molar-refractivity contribution is 6.31. The topological polar surface area (TPSA) is 45.8 Å². The molecule has 0 fully saturated rings. The first-order chi connectivity index (χ1) is 9.54.